The average molecular weight is 196 g/mol. The molecule has 0 N–H and O–H groups in total. The zero-order valence-corrected chi connectivity index (χ0v) is 9.21. The Morgan fingerprint density at radius 2 is 1.93 bits per heavy atom. The van der Waals surface area contributed by atoms with E-state index in [2.05, 4.69) is 19.1 Å². The fourth-order valence-corrected chi connectivity index (χ4v) is 2.10. The van der Waals surface area contributed by atoms with Crippen molar-refractivity contribution in [2.45, 2.75) is 45.3 Å². The van der Waals surface area contributed by atoms with Crippen LogP contribution in [0.25, 0.3) is 0 Å². The molecule has 0 aromatic heterocycles. The van der Waals surface area contributed by atoms with Gasteiger partial charge in [0.2, 0.25) is 0 Å². The Morgan fingerprint density at radius 3 is 2.43 bits per heavy atom. The van der Waals surface area contributed by atoms with Gasteiger partial charge in [0.05, 0.1) is 13.2 Å². The van der Waals surface area contributed by atoms with Crippen LogP contribution >= 0.6 is 0 Å². The van der Waals surface area contributed by atoms with E-state index in [-0.39, 0.29) is 11.2 Å². The SMILES string of the molecule is CCC1(C)OCC2(CC=CCC2)CO1. The molecule has 1 fully saturated rings. The fourth-order valence-electron chi connectivity index (χ4n) is 2.10. The molecule has 1 spiro atoms. The lowest BCUT2D eigenvalue weighted by Crippen LogP contribution is -2.48. The molecule has 0 unspecified atom stereocenters. The van der Waals surface area contributed by atoms with Crippen molar-refractivity contribution in [3.8, 4) is 0 Å². The topological polar surface area (TPSA) is 18.5 Å². The quantitative estimate of drug-likeness (QED) is 0.600. The van der Waals surface area contributed by atoms with E-state index >= 15 is 0 Å². The second-order valence-corrected chi connectivity index (χ2v) is 4.78. The van der Waals surface area contributed by atoms with Crippen molar-refractivity contribution in [3.63, 3.8) is 0 Å². The summed E-state index contributed by atoms with van der Waals surface area (Å²) >= 11 is 0. The first-order valence-electron chi connectivity index (χ1n) is 5.61. The molecule has 0 aromatic rings. The molecule has 0 amide bonds. The summed E-state index contributed by atoms with van der Waals surface area (Å²) in [5.41, 5.74) is 0.281. The van der Waals surface area contributed by atoms with Crippen LogP contribution < -0.4 is 0 Å². The number of rotatable bonds is 1. The maximum absolute atomic E-state index is 5.85. The van der Waals surface area contributed by atoms with Crippen molar-refractivity contribution < 1.29 is 9.47 Å². The third-order valence-electron chi connectivity index (χ3n) is 3.57. The molecule has 0 saturated carbocycles. The molecule has 0 bridgehead atoms. The number of hydrogen-bond donors (Lipinski definition) is 0. The van der Waals surface area contributed by atoms with Gasteiger partial charge in [-0.05, 0) is 32.6 Å². The lowest BCUT2D eigenvalue weighted by molar-refractivity contribution is -0.296. The van der Waals surface area contributed by atoms with Gasteiger partial charge in [-0.25, -0.2) is 0 Å². The molecule has 0 aromatic carbocycles. The fraction of sp³-hybridized carbons (Fsp3) is 0.833. The molecule has 1 saturated heterocycles. The predicted octanol–water partition coefficient (Wildman–Crippen LogP) is 2.89. The molecule has 0 atom stereocenters. The standard InChI is InChI=1S/C12H20O2/c1-3-11(2)13-9-12(10-14-11)7-5-4-6-8-12/h4-5H,3,6-10H2,1-2H3. The summed E-state index contributed by atoms with van der Waals surface area (Å²) in [4.78, 5) is 0. The molecule has 80 valence electrons. The number of hydrogen-bond acceptors (Lipinski definition) is 2. The van der Waals surface area contributed by atoms with Crippen LogP contribution in [-0.2, 0) is 9.47 Å². The molecule has 2 rings (SSSR count). The average Bonchev–Trinajstić information content (AvgIpc) is 2.25. The van der Waals surface area contributed by atoms with E-state index in [4.69, 9.17) is 9.47 Å². The molecular formula is C12H20O2. The minimum Gasteiger partial charge on any atom is -0.350 e. The minimum atomic E-state index is -0.327. The Balaban J connectivity index is 1.98. The van der Waals surface area contributed by atoms with Crippen LogP contribution in [0, 0.1) is 5.41 Å². The van der Waals surface area contributed by atoms with E-state index < -0.39 is 0 Å². The lowest BCUT2D eigenvalue weighted by atomic mass is 9.78. The Bertz CT molecular complexity index is 224. The minimum absolute atomic E-state index is 0.281. The van der Waals surface area contributed by atoms with Gasteiger partial charge < -0.3 is 9.47 Å². The van der Waals surface area contributed by atoms with Crippen molar-refractivity contribution in [1.29, 1.82) is 0 Å². The summed E-state index contributed by atoms with van der Waals surface area (Å²) in [5, 5.41) is 0. The van der Waals surface area contributed by atoms with Gasteiger partial charge in [0.1, 0.15) is 0 Å². The molecule has 2 aliphatic rings. The maximum Gasteiger partial charge on any atom is 0.165 e. The van der Waals surface area contributed by atoms with E-state index in [0.717, 1.165) is 26.1 Å². The summed E-state index contributed by atoms with van der Waals surface area (Å²) in [6.45, 7) is 5.88. The van der Waals surface area contributed by atoms with Crippen LogP contribution in [0.1, 0.15) is 39.5 Å². The van der Waals surface area contributed by atoms with Gasteiger partial charge >= 0.3 is 0 Å². The van der Waals surface area contributed by atoms with Crippen LogP contribution in [0.4, 0.5) is 0 Å². The first kappa shape index (κ1) is 10.2. The molecule has 2 heteroatoms. The van der Waals surface area contributed by atoms with Gasteiger partial charge in [-0.2, -0.15) is 0 Å². The monoisotopic (exact) mass is 196 g/mol. The highest BCUT2D eigenvalue weighted by Crippen LogP contribution is 2.39. The highest BCUT2D eigenvalue weighted by atomic mass is 16.7. The number of ether oxygens (including phenoxy) is 2. The zero-order valence-electron chi connectivity index (χ0n) is 9.21. The highest BCUT2D eigenvalue weighted by Gasteiger charge is 2.40. The van der Waals surface area contributed by atoms with Crippen molar-refractivity contribution in [2.75, 3.05) is 13.2 Å². The largest absolute Gasteiger partial charge is 0.350 e. The van der Waals surface area contributed by atoms with E-state index in [9.17, 15) is 0 Å². The van der Waals surface area contributed by atoms with Crippen molar-refractivity contribution in [3.05, 3.63) is 12.2 Å². The Morgan fingerprint density at radius 1 is 1.21 bits per heavy atom. The highest BCUT2D eigenvalue weighted by molar-refractivity contribution is 4.99. The molecular weight excluding hydrogens is 176 g/mol. The van der Waals surface area contributed by atoms with Crippen molar-refractivity contribution in [2.24, 2.45) is 5.41 Å². The second kappa shape index (κ2) is 3.67. The van der Waals surface area contributed by atoms with Gasteiger partial charge in [0, 0.05) is 5.41 Å². The van der Waals surface area contributed by atoms with E-state index in [1.807, 2.05) is 6.92 Å². The zero-order chi connectivity index (χ0) is 10.1. The van der Waals surface area contributed by atoms with Crippen LogP contribution in [0.15, 0.2) is 12.2 Å². The van der Waals surface area contributed by atoms with Gasteiger partial charge in [0.15, 0.2) is 5.79 Å². The Hall–Kier alpha value is -0.340. The first-order chi connectivity index (χ1) is 6.68. The molecule has 0 radical (unpaired) electrons. The van der Waals surface area contributed by atoms with Crippen LogP contribution in [0.5, 0.6) is 0 Å². The predicted molar refractivity (Wildman–Crippen MR) is 56.0 cm³/mol. The maximum atomic E-state index is 5.85. The summed E-state index contributed by atoms with van der Waals surface area (Å²) in [6, 6.07) is 0. The normalized spacial score (nSPS) is 43.0. The third kappa shape index (κ3) is 1.86. The molecule has 1 heterocycles. The summed E-state index contributed by atoms with van der Waals surface area (Å²) in [5.74, 6) is -0.327. The summed E-state index contributed by atoms with van der Waals surface area (Å²) in [7, 11) is 0. The van der Waals surface area contributed by atoms with Gasteiger partial charge in [-0.3, -0.25) is 0 Å². The number of allylic oxidation sites excluding steroid dienone is 2. The van der Waals surface area contributed by atoms with Crippen molar-refractivity contribution >= 4 is 0 Å². The molecule has 1 aliphatic carbocycles. The van der Waals surface area contributed by atoms with Gasteiger partial charge in [-0.1, -0.05) is 19.1 Å². The van der Waals surface area contributed by atoms with Gasteiger partial charge in [0.25, 0.3) is 0 Å². The molecule has 1 aliphatic heterocycles. The third-order valence-corrected chi connectivity index (χ3v) is 3.57. The lowest BCUT2D eigenvalue weighted by Gasteiger charge is -2.45. The molecule has 14 heavy (non-hydrogen) atoms. The summed E-state index contributed by atoms with van der Waals surface area (Å²) in [6.07, 6.45) is 8.97. The van der Waals surface area contributed by atoms with Crippen LogP contribution in [0.2, 0.25) is 0 Å². The smallest absolute Gasteiger partial charge is 0.165 e. The van der Waals surface area contributed by atoms with Crippen LogP contribution in [0.3, 0.4) is 0 Å². The Labute approximate surface area is 86.3 Å². The van der Waals surface area contributed by atoms with E-state index in [1.165, 1.54) is 12.8 Å². The van der Waals surface area contributed by atoms with Crippen LogP contribution in [-0.4, -0.2) is 19.0 Å². The Kier molecular flexibility index (Phi) is 2.67. The van der Waals surface area contributed by atoms with Gasteiger partial charge in [-0.15, -0.1) is 0 Å². The second-order valence-electron chi connectivity index (χ2n) is 4.78. The molecule has 2 nitrogen and oxygen atoms in total. The summed E-state index contributed by atoms with van der Waals surface area (Å²) < 4.78 is 11.7. The van der Waals surface area contributed by atoms with E-state index in [1.54, 1.807) is 0 Å². The first-order valence-corrected chi connectivity index (χ1v) is 5.61. The van der Waals surface area contributed by atoms with E-state index in [0.29, 0.717) is 0 Å². The van der Waals surface area contributed by atoms with Crippen molar-refractivity contribution in [1.82, 2.24) is 0 Å².